The first-order valence-corrected chi connectivity index (χ1v) is 19.7. The van der Waals surface area contributed by atoms with E-state index in [1.165, 1.54) is 104 Å². The van der Waals surface area contributed by atoms with Gasteiger partial charge in [-0.25, -0.2) is 0 Å². The second-order valence-corrected chi connectivity index (χ2v) is 15.2. The van der Waals surface area contributed by atoms with Gasteiger partial charge >= 0.3 is 0 Å². The molecule has 56 heavy (non-hydrogen) atoms. The van der Waals surface area contributed by atoms with Crippen LogP contribution in [0.4, 0.5) is 0 Å². The van der Waals surface area contributed by atoms with Crippen molar-refractivity contribution in [2.24, 2.45) is 0 Å². The summed E-state index contributed by atoms with van der Waals surface area (Å²) in [4.78, 5) is 0. The second-order valence-electron chi connectivity index (χ2n) is 15.2. The SMILES string of the molecule is C1=Cc2c(c3ccc(-n4c5ccccc5c5cc(-c6ccc7c(c6)c6ccccc6n7-c6cccc(-c7ccccc7)c6)ccc54)cc3c3ccccc23)CC1. The molecular formula is C54H36N2. The molecule has 9 aromatic carbocycles. The normalized spacial score (nSPS) is 12.8. The Labute approximate surface area is 324 Å². The molecule has 0 spiro atoms. The van der Waals surface area contributed by atoms with E-state index >= 15 is 0 Å². The summed E-state index contributed by atoms with van der Waals surface area (Å²) in [5, 5.41) is 10.4. The van der Waals surface area contributed by atoms with Gasteiger partial charge in [0, 0.05) is 32.9 Å². The molecule has 0 radical (unpaired) electrons. The average molecular weight is 713 g/mol. The van der Waals surface area contributed by atoms with Crippen molar-refractivity contribution >= 4 is 71.2 Å². The van der Waals surface area contributed by atoms with Crippen molar-refractivity contribution in [3.05, 3.63) is 199 Å². The van der Waals surface area contributed by atoms with Crippen LogP contribution in [0.1, 0.15) is 17.5 Å². The number of aromatic nitrogens is 2. The molecule has 262 valence electrons. The highest BCUT2D eigenvalue weighted by Crippen LogP contribution is 2.41. The maximum absolute atomic E-state index is 2.46. The van der Waals surface area contributed by atoms with Gasteiger partial charge in [0.05, 0.1) is 22.1 Å². The minimum Gasteiger partial charge on any atom is -0.309 e. The van der Waals surface area contributed by atoms with E-state index in [1.807, 2.05) is 0 Å². The first-order valence-electron chi connectivity index (χ1n) is 19.7. The molecule has 0 amide bonds. The van der Waals surface area contributed by atoms with E-state index in [1.54, 1.807) is 0 Å². The Bertz CT molecular complexity index is 3410. The summed E-state index contributed by atoms with van der Waals surface area (Å²) >= 11 is 0. The van der Waals surface area contributed by atoms with Crippen LogP contribution in [0.15, 0.2) is 188 Å². The van der Waals surface area contributed by atoms with Gasteiger partial charge in [0.15, 0.2) is 0 Å². The minimum atomic E-state index is 1.08. The monoisotopic (exact) mass is 712 g/mol. The lowest BCUT2D eigenvalue weighted by atomic mass is 9.86. The molecule has 0 atom stereocenters. The van der Waals surface area contributed by atoms with E-state index in [0.29, 0.717) is 0 Å². The fourth-order valence-corrected chi connectivity index (χ4v) is 9.62. The van der Waals surface area contributed by atoms with E-state index < -0.39 is 0 Å². The Hall–Kier alpha value is -7.16. The number of hydrogen-bond acceptors (Lipinski definition) is 0. The lowest BCUT2D eigenvalue weighted by Gasteiger charge is -2.19. The van der Waals surface area contributed by atoms with Gasteiger partial charge in [-0.05, 0) is 128 Å². The summed E-state index contributed by atoms with van der Waals surface area (Å²) < 4.78 is 4.87. The molecule has 2 heteroatoms. The van der Waals surface area contributed by atoms with Crippen molar-refractivity contribution in [1.82, 2.24) is 9.13 Å². The number of para-hydroxylation sites is 2. The predicted octanol–water partition coefficient (Wildman–Crippen LogP) is 14.5. The Balaban J connectivity index is 1.02. The molecule has 0 unspecified atom stereocenters. The second kappa shape index (κ2) is 12.2. The summed E-state index contributed by atoms with van der Waals surface area (Å²) in [6, 6.07) is 67.3. The number of benzene rings is 9. The Morgan fingerprint density at radius 1 is 0.321 bits per heavy atom. The Morgan fingerprint density at radius 3 is 1.57 bits per heavy atom. The van der Waals surface area contributed by atoms with Crippen molar-refractivity contribution in [2.45, 2.75) is 12.8 Å². The van der Waals surface area contributed by atoms with Gasteiger partial charge in [-0.1, -0.05) is 133 Å². The molecule has 0 N–H and O–H groups in total. The molecule has 0 aliphatic heterocycles. The maximum Gasteiger partial charge on any atom is 0.0541 e. The average Bonchev–Trinajstić information content (AvgIpc) is 3.79. The highest BCUT2D eigenvalue weighted by Gasteiger charge is 2.19. The van der Waals surface area contributed by atoms with E-state index in [4.69, 9.17) is 0 Å². The molecule has 2 heterocycles. The minimum absolute atomic E-state index is 1.08. The zero-order chi connectivity index (χ0) is 36.7. The van der Waals surface area contributed by atoms with Gasteiger partial charge in [-0.15, -0.1) is 0 Å². The Morgan fingerprint density at radius 2 is 0.875 bits per heavy atom. The molecule has 11 aromatic rings. The largest absolute Gasteiger partial charge is 0.309 e. The van der Waals surface area contributed by atoms with Gasteiger partial charge in [0.1, 0.15) is 0 Å². The molecule has 12 rings (SSSR count). The van der Waals surface area contributed by atoms with Gasteiger partial charge in [-0.3, -0.25) is 0 Å². The maximum atomic E-state index is 2.46. The summed E-state index contributed by atoms with van der Waals surface area (Å²) in [7, 11) is 0. The van der Waals surface area contributed by atoms with Gasteiger partial charge < -0.3 is 9.13 Å². The number of nitrogens with zero attached hydrogens (tertiary/aromatic N) is 2. The third kappa shape index (κ3) is 4.63. The van der Waals surface area contributed by atoms with E-state index in [0.717, 1.165) is 18.5 Å². The van der Waals surface area contributed by atoms with Crippen molar-refractivity contribution in [1.29, 1.82) is 0 Å². The van der Waals surface area contributed by atoms with Crippen LogP contribution in [0, 0.1) is 0 Å². The fourth-order valence-electron chi connectivity index (χ4n) is 9.62. The predicted molar refractivity (Wildman–Crippen MR) is 238 cm³/mol. The summed E-state index contributed by atoms with van der Waals surface area (Å²) in [6.07, 6.45) is 6.83. The lowest BCUT2D eigenvalue weighted by molar-refractivity contribution is 1.00. The highest BCUT2D eigenvalue weighted by atomic mass is 15.0. The van der Waals surface area contributed by atoms with Crippen molar-refractivity contribution in [3.63, 3.8) is 0 Å². The van der Waals surface area contributed by atoms with Gasteiger partial charge in [-0.2, -0.15) is 0 Å². The molecule has 1 aliphatic rings. The molecule has 0 bridgehead atoms. The summed E-state index contributed by atoms with van der Waals surface area (Å²) in [6.45, 7) is 0. The van der Waals surface area contributed by atoms with Crippen LogP contribution in [-0.2, 0) is 6.42 Å². The molecular weight excluding hydrogens is 677 g/mol. The third-order valence-corrected chi connectivity index (χ3v) is 12.2. The molecule has 2 nitrogen and oxygen atoms in total. The summed E-state index contributed by atoms with van der Waals surface area (Å²) in [5.41, 5.74) is 14.9. The lowest BCUT2D eigenvalue weighted by Crippen LogP contribution is -1.99. The van der Waals surface area contributed by atoms with Crippen LogP contribution < -0.4 is 0 Å². The van der Waals surface area contributed by atoms with Crippen LogP contribution in [0.2, 0.25) is 0 Å². The number of rotatable bonds is 4. The number of hydrogen-bond donors (Lipinski definition) is 0. The topological polar surface area (TPSA) is 9.86 Å². The molecule has 0 saturated carbocycles. The van der Waals surface area contributed by atoms with E-state index in [2.05, 4.69) is 203 Å². The molecule has 0 fully saturated rings. The van der Waals surface area contributed by atoms with Crippen LogP contribution >= 0.6 is 0 Å². The van der Waals surface area contributed by atoms with Crippen molar-refractivity contribution in [3.8, 4) is 33.6 Å². The smallest absolute Gasteiger partial charge is 0.0541 e. The quantitative estimate of drug-likeness (QED) is 0.161. The zero-order valence-corrected chi connectivity index (χ0v) is 30.8. The Kier molecular flexibility index (Phi) is 6.79. The number of aryl methyl sites for hydroxylation is 1. The van der Waals surface area contributed by atoms with Gasteiger partial charge in [0.2, 0.25) is 0 Å². The van der Waals surface area contributed by atoms with Crippen LogP contribution in [0.5, 0.6) is 0 Å². The van der Waals surface area contributed by atoms with E-state index in [9.17, 15) is 0 Å². The fraction of sp³-hybridized carbons (Fsp3) is 0.0370. The first-order chi connectivity index (χ1) is 27.8. The zero-order valence-electron chi connectivity index (χ0n) is 30.8. The van der Waals surface area contributed by atoms with Crippen LogP contribution in [-0.4, -0.2) is 9.13 Å². The highest BCUT2D eigenvalue weighted by molar-refractivity contribution is 6.15. The molecule has 2 aromatic heterocycles. The van der Waals surface area contributed by atoms with Crippen LogP contribution in [0.3, 0.4) is 0 Å². The van der Waals surface area contributed by atoms with Gasteiger partial charge in [0.25, 0.3) is 0 Å². The summed E-state index contributed by atoms with van der Waals surface area (Å²) in [5.74, 6) is 0. The van der Waals surface area contributed by atoms with Crippen LogP contribution in [0.25, 0.3) is 105 Å². The first kappa shape index (κ1) is 31.2. The number of allylic oxidation sites excluding steroid dienone is 1. The van der Waals surface area contributed by atoms with E-state index in [-0.39, 0.29) is 0 Å². The number of fused-ring (bicyclic) bond motifs is 12. The molecule has 1 aliphatic carbocycles. The standard InChI is InChI=1S/C54H36N2/c1-2-13-35(14-3-1)36-15-12-16-39(31-36)55-51-23-10-8-21-46(51)49-32-37(25-29-53(49)55)38-26-30-54-50(33-38)47-22-9-11-24-52(47)56(54)40-27-28-45-43-19-5-4-17-41(43)42-18-6-7-20-44(42)48(45)34-40/h1-4,6-18,20-34H,5,19H2. The third-order valence-electron chi connectivity index (χ3n) is 12.2. The van der Waals surface area contributed by atoms with Crippen molar-refractivity contribution in [2.75, 3.05) is 0 Å². The van der Waals surface area contributed by atoms with Crippen molar-refractivity contribution < 1.29 is 0 Å². The molecule has 0 saturated heterocycles.